The predicted octanol–water partition coefficient (Wildman–Crippen LogP) is 4.37. The van der Waals surface area contributed by atoms with Crippen LogP contribution in [0.15, 0.2) is 42.5 Å². The molecule has 2 aliphatic heterocycles. The molecule has 0 aromatic heterocycles. The molecule has 2 atom stereocenters. The van der Waals surface area contributed by atoms with E-state index in [0.29, 0.717) is 30.4 Å². The first-order chi connectivity index (χ1) is 17.5. The van der Waals surface area contributed by atoms with Gasteiger partial charge in [0.25, 0.3) is 5.91 Å². The van der Waals surface area contributed by atoms with Crippen molar-refractivity contribution >= 4 is 11.8 Å². The molecule has 9 heteroatoms. The number of piperidine rings is 1. The Morgan fingerprint density at radius 1 is 1.08 bits per heavy atom. The number of rotatable bonds is 8. The van der Waals surface area contributed by atoms with Crippen LogP contribution in [0.25, 0.3) is 11.1 Å². The van der Waals surface area contributed by atoms with Gasteiger partial charge in [-0.2, -0.15) is 0 Å². The number of likely N-dealkylation sites (tertiary alicyclic amines) is 2. The van der Waals surface area contributed by atoms with Gasteiger partial charge in [0.1, 0.15) is 29.4 Å². The van der Waals surface area contributed by atoms with Crippen molar-refractivity contribution in [2.24, 2.45) is 11.7 Å². The van der Waals surface area contributed by atoms with Crippen molar-refractivity contribution < 1.29 is 27.5 Å². The first kappa shape index (κ1) is 27.0. The van der Waals surface area contributed by atoms with Crippen molar-refractivity contribution in [1.29, 1.82) is 0 Å². The lowest BCUT2D eigenvalue weighted by Crippen LogP contribution is -2.44. The van der Waals surface area contributed by atoms with Crippen LogP contribution in [-0.4, -0.2) is 72.3 Å². The second kappa shape index (κ2) is 11.1. The number of carbonyl (C=O) groups excluding carboxylic acids is 2. The van der Waals surface area contributed by atoms with Crippen LogP contribution in [0.5, 0.6) is 5.75 Å². The summed E-state index contributed by atoms with van der Waals surface area (Å²) in [5.41, 5.74) is 5.18. The number of primary amides is 1. The number of hydrogen-bond donors (Lipinski definition) is 1. The van der Waals surface area contributed by atoms with Crippen LogP contribution in [0.3, 0.4) is 0 Å². The van der Waals surface area contributed by atoms with E-state index < -0.39 is 35.5 Å². The Hall–Kier alpha value is -3.07. The summed E-state index contributed by atoms with van der Waals surface area (Å²) in [5, 5.41) is 0. The Labute approximate surface area is 215 Å². The van der Waals surface area contributed by atoms with Crippen LogP contribution in [0.1, 0.15) is 43.5 Å². The average molecular weight is 518 g/mol. The van der Waals surface area contributed by atoms with Crippen molar-refractivity contribution in [3.8, 4) is 16.9 Å². The number of amides is 2. The monoisotopic (exact) mass is 517 g/mol. The van der Waals surface area contributed by atoms with Crippen molar-refractivity contribution in [3.05, 3.63) is 53.8 Å². The fourth-order valence-electron chi connectivity index (χ4n) is 5.10. The molecular formula is C28H34F3N3O3. The molecule has 0 spiro atoms. The maximum atomic E-state index is 14.9. The Kier molecular flexibility index (Phi) is 8.11. The van der Waals surface area contributed by atoms with Gasteiger partial charge < -0.3 is 20.3 Å². The summed E-state index contributed by atoms with van der Waals surface area (Å²) in [4.78, 5) is 27.5. The largest absolute Gasteiger partial charge is 0.493 e. The lowest BCUT2D eigenvalue weighted by molar-refractivity contribution is -0.121. The molecule has 0 bridgehead atoms. The molecule has 2 amide bonds. The molecule has 4 rings (SSSR count). The summed E-state index contributed by atoms with van der Waals surface area (Å²) in [6.07, 6.45) is 0.377. The molecule has 0 saturated carbocycles. The number of ether oxygens (including phenoxy) is 1. The molecule has 2 aromatic rings. The van der Waals surface area contributed by atoms with Gasteiger partial charge in [0.05, 0.1) is 18.7 Å². The van der Waals surface area contributed by atoms with Crippen LogP contribution in [0.4, 0.5) is 13.2 Å². The minimum absolute atomic E-state index is 0.175. The molecule has 37 heavy (non-hydrogen) atoms. The van der Waals surface area contributed by atoms with Gasteiger partial charge in [-0.3, -0.25) is 9.59 Å². The van der Waals surface area contributed by atoms with Crippen molar-refractivity contribution in [2.45, 2.75) is 51.0 Å². The zero-order chi connectivity index (χ0) is 26.7. The number of hydrogen-bond acceptors (Lipinski definition) is 4. The lowest BCUT2D eigenvalue weighted by Gasteiger charge is -2.34. The highest BCUT2D eigenvalue weighted by molar-refractivity contribution is 5.98. The van der Waals surface area contributed by atoms with Gasteiger partial charge >= 0.3 is 0 Å². The summed E-state index contributed by atoms with van der Waals surface area (Å²) in [6.45, 7) is 5.67. The highest BCUT2D eigenvalue weighted by atomic mass is 19.1. The molecule has 0 radical (unpaired) electrons. The van der Waals surface area contributed by atoms with Gasteiger partial charge in [0.2, 0.25) is 5.91 Å². The van der Waals surface area contributed by atoms with E-state index in [1.165, 1.54) is 12.1 Å². The molecule has 2 aromatic carbocycles. The zero-order valence-corrected chi connectivity index (χ0v) is 21.3. The maximum Gasteiger partial charge on any atom is 0.257 e. The number of nitrogens with two attached hydrogens (primary N) is 1. The second-order valence-corrected chi connectivity index (χ2v) is 10.7. The van der Waals surface area contributed by atoms with E-state index in [4.69, 9.17) is 10.5 Å². The van der Waals surface area contributed by atoms with Gasteiger partial charge in [0, 0.05) is 13.0 Å². The fraction of sp³-hybridized carbons (Fsp3) is 0.500. The van der Waals surface area contributed by atoms with E-state index in [2.05, 4.69) is 4.90 Å². The van der Waals surface area contributed by atoms with Gasteiger partial charge in [-0.25, -0.2) is 13.2 Å². The highest BCUT2D eigenvalue weighted by Gasteiger charge is 2.39. The van der Waals surface area contributed by atoms with Gasteiger partial charge in [0.15, 0.2) is 0 Å². The molecule has 0 unspecified atom stereocenters. The lowest BCUT2D eigenvalue weighted by atomic mass is 9.97. The van der Waals surface area contributed by atoms with Crippen LogP contribution in [-0.2, 0) is 4.79 Å². The smallest absolute Gasteiger partial charge is 0.257 e. The summed E-state index contributed by atoms with van der Waals surface area (Å²) >= 11 is 0. The second-order valence-electron chi connectivity index (χ2n) is 10.7. The van der Waals surface area contributed by atoms with Crippen molar-refractivity contribution in [3.63, 3.8) is 0 Å². The molecule has 2 aliphatic rings. The van der Waals surface area contributed by atoms with Crippen molar-refractivity contribution in [1.82, 2.24) is 9.80 Å². The molecule has 2 saturated heterocycles. The molecule has 6 nitrogen and oxygen atoms in total. The SMILES string of the molecule is CC(C)(F)CN1CCC(COc2ccc(-c3ccc(C(=O)N4C[C@@H](F)C[C@H]4C(N)=O)c(F)c3)cc2)CC1. The Morgan fingerprint density at radius 2 is 1.73 bits per heavy atom. The molecule has 2 N–H and O–H groups in total. The van der Waals surface area contributed by atoms with E-state index in [0.717, 1.165) is 36.4 Å². The third-order valence-electron chi connectivity index (χ3n) is 7.02. The predicted molar refractivity (Wildman–Crippen MR) is 135 cm³/mol. The zero-order valence-electron chi connectivity index (χ0n) is 21.3. The molecular weight excluding hydrogens is 483 g/mol. The maximum absolute atomic E-state index is 14.9. The van der Waals surface area contributed by atoms with E-state index in [1.807, 2.05) is 24.3 Å². The normalized spacial score (nSPS) is 21.3. The summed E-state index contributed by atoms with van der Waals surface area (Å²) in [5.74, 6) is -1.20. The third kappa shape index (κ3) is 6.83. The Bertz CT molecular complexity index is 1110. The van der Waals surface area contributed by atoms with Crippen LogP contribution in [0, 0.1) is 11.7 Å². The minimum atomic E-state index is -1.37. The van der Waals surface area contributed by atoms with Crippen molar-refractivity contribution in [2.75, 3.05) is 32.8 Å². The van der Waals surface area contributed by atoms with Gasteiger partial charge in [-0.1, -0.05) is 18.2 Å². The third-order valence-corrected chi connectivity index (χ3v) is 7.02. The fourth-order valence-corrected chi connectivity index (χ4v) is 5.10. The summed E-state index contributed by atoms with van der Waals surface area (Å²) < 4.78 is 48.5. The minimum Gasteiger partial charge on any atom is -0.493 e. The van der Waals surface area contributed by atoms with Crippen LogP contribution in [0.2, 0.25) is 0 Å². The summed E-state index contributed by atoms with van der Waals surface area (Å²) in [6, 6.07) is 10.4. The number of alkyl halides is 2. The molecule has 2 heterocycles. The van der Waals surface area contributed by atoms with E-state index in [-0.39, 0.29) is 18.5 Å². The first-order valence-electron chi connectivity index (χ1n) is 12.7. The number of carbonyl (C=O) groups is 2. The first-order valence-corrected chi connectivity index (χ1v) is 12.7. The van der Waals surface area contributed by atoms with Crippen LogP contribution < -0.4 is 10.5 Å². The van der Waals surface area contributed by atoms with E-state index >= 15 is 0 Å². The van der Waals surface area contributed by atoms with E-state index in [1.54, 1.807) is 19.9 Å². The van der Waals surface area contributed by atoms with Gasteiger partial charge in [-0.15, -0.1) is 0 Å². The van der Waals surface area contributed by atoms with Gasteiger partial charge in [-0.05, 0) is 81.1 Å². The highest BCUT2D eigenvalue weighted by Crippen LogP contribution is 2.28. The Morgan fingerprint density at radius 3 is 2.32 bits per heavy atom. The average Bonchev–Trinajstić information content (AvgIpc) is 3.24. The molecule has 2 fully saturated rings. The van der Waals surface area contributed by atoms with Crippen LogP contribution >= 0.6 is 0 Å². The quantitative estimate of drug-likeness (QED) is 0.564. The number of halogens is 3. The topological polar surface area (TPSA) is 75.9 Å². The standard InChI is InChI=1S/C28H34F3N3O3/c1-28(2,31)17-33-11-9-18(10-12-33)16-37-22-6-3-19(4-7-22)20-5-8-23(24(30)13-20)27(36)34-15-21(29)14-25(34)26(32)35/h3-8,13,18,21,25H,9-12,14-17H2,1-2H3,(H2,32,35)/t21-,25-/m0/s1. The molecule has 200 valence electrons. The van der Waals surface area contributed by atoms with E-state index in [9.17, 15) is 22.8 Å². The Balaban J connectivity index is 1.33. The number of nitrogens with zero attached hydrogens (tertiary/aromatic N) is 2. The molecule has 0 aliphatic carbocycles. The summed E-state index contributed by atoms with van der Waals surface area (Å²) in [7, 11) is 0. The number of benzene rings is 2.